The van der Waals surface area contributed by atoms with E-state index in [1.54, 1.807) is 4.90 Å². The highest BCUT2D eigenvalue weighted by Gasteiger charge is 2.56. The fraction of sp³-hybridized carbons (Fsp3) is 0.700. The van der Waals surface area contributed by atoms with Gasteiger partial charge < -0.3 is 24.8 Å². The summed E-state index contributed by atoms with van der Waals surface area (Å²) >= 11 is 0. The standard InChI is InChI=1S/C30H46N4O4/c1-8-30(6,7)26(28(37)34-18-22(29(3,4)5)25-24(34)23(35)19-38-25)31-27(36)20-10-12-21(13-11-20)33-16-14-32(9-2)15-17-33/h10-13,22,24-26H,8-9,14-19H2,1-7H3,(H,31,36)/t22-,24+,25+,26?/m0/s1. The molecule has 4 rings (SSSR count). The number of nitrogens with zero attached hydrogens (tertiary/aromatic N) is 3. The molecular weight excluding hydrogens is 480 g/mol. The number of carbonyl (C=O) groups is 3. The number of rotatable bonds is 7. The molecule has 4 atom stereocenters. The number of hydrogen-bond acceptors (Lipinski definition) is 6. The Labute approximate surface area is 228 Å². The van der Waals surface area contributed by atoms with E-state index < -0.39 is 17.5 Å². The zero-order chi connectivity index (χ0) is 27.8. The average molecular weight is 527 g/mol. The molecule has 3 aliphatic rings. The largest absolute Gasteiger partial charge is 0.369 e. The Bertz CT molecular complexity index is 1020. The molecule has 2 amide bonds. The lowest BCUT2D eigenvalue weighted by molar-refractivity contribution is -0.140. The molecule has 0 spiro atoms. The summed E-state index contributed by atoms with van der Waals surface area (Å²) in [5.74, 6) is -0.471. The third kappa shape index (κ3) is 5.62. The number of ether oxygens (including phenoxy) is 1. The maximum Gasteiger partial charge on any atom is 0.251 e. The van der Waals surface area contributed by atoms with Gasteiger partial charge >= 0.3 is 0 Å². The normalized spacial score (nSPS) is 25.4. The highest BCUT2D eigenvalue weighted by atomic mass is 16.5. The molecule has 3 aliphatic heterocycles. The minimum atomic E-state index is -0.755. The Morgan fingerprint density at radius 1 is 1.03 bits per heavy atom. The van der Waals surface area contributed by atoms with Crippen LogP contribution in [0.4, 0.5) is 5.69 Å². The first-order valence-electron chi connectivity index (χ1n) is 14.2. The lowest BCUT2D eigenvalue weighted by Gasteiger charge is -2.37. The van der Waals surface area contributed by atoms with E-state index in [0.717, 1.165) is 38.4 Å². The SMILES string of the molecule is CCN1CCN(c2ccc(C(=O)NC(C(=O)N3C[C@H](C(C)(C)C)[C@H]4OCC(=O)[C@H]43)C(C)(C)CC)cc2)CC1. The summed E-state index contributed by atoms with van der Waals surface area (Å²) < 4.78 is 5.89. The molecule has 0 saturated carbocycles. The van der Waals surface area contributed by atoms with Gasteiger partial charge in [-0.3, -0.25) is 14.4 Å². The fourth-order valence-corrected chi connectivity index (χ4v) is 5.97. The number of piperazine rings is 1. The van der Waals surface area contributed by atoms with Crippen LogP contribution in [0.5, 0.6) is 0 Å². The Balaban J connectivity index is 1.51. The first-order chi connectivity index (χ1) is 17.9. The van der Waals surface area contributed by atoms with Gasteiger partial charge in [0, 0.05) is 49.9 Å². The molecule has 1 aromatic carbocycles. The smallest absolute Gasteiger partial charge is 0.251 e. The van der Waals surface area contributed by atoms with Crippen LogP contribution in [-0.4, -0.2) is 91.5 Å². The lowest BCUT2D eigenvalue weighted by atomic mass is 9.78. The molecule has 1 aromatic rings. The van der Waals surface area contributed by atoms with Crippen LogP contribution in [0, 0.1) is 16.7 Å². The maximum atomic E-state index is 14.1. The van der Waals surface area contributed by atoms with Crippen LogP contribution in [0.15, 0.2) is 24.3 Å². The van der Waals surface area contributed by atoms with Crippen molar-refractivity contribution in [3.05, 3.63) is 29.8 Å². The quantitative estimate of drug-likeness (QED) is 0.588. The molecule has 0 bridgehead atoms. The zero-order valence-corrected chi connectivity index (χ0v) is 24.3. The molecule has 8 nitrogen and oxygen atoms in total. The summed E-state index contributed by atoms with van der Waals surface area (Å²) in [4.78, 5) is 46.8. The van der Waals surface area contributed by atoms with Crippen molar-refractivity contribution >= 4 is 23.3 Å². The van der Waals surface area contributed by atoms with Crippen molar-refractivity contribution in [3.63, 3.8) is 0 Å². The molecule has 210 valence electrons. The van der Waals surface area contributed by atoms with Crippen molar-refractivity contribution in [2.45, 2.75) is 73.1 Å². The summed E-state index contributed by atoms with van der Waals surface area (Å²) in [6, 6.07) is 6.33. The number of benzene rings is 1. The van der Waals surface area contributed by atoms with Gasteiger partial charge in [-0.25, -0.2) is 0 Å². The molecular formula is C30H46N4O4. The van der Waals surface area contributed by atoms with E-state index >= 15 is 0 Å². The van der Waals surface area contributed by atoms with Gasteiger partial charge in [0.2, 0.25) is 5.91 Å². The van der Waals surface area contributed by atoms with Crippen molar-refractivity contribution in [2.24, 2.45) is 16.7 Å². The third-order valence-corrected chi connectivity index (χ3v) is 9.11. The highest BCUT2D eigenvalue weighted by molar-refractivity contribution is 5.99. The van der Waals surface area contributed by atoms with Crippen molar-refractivity contribution in [1.82, 2.24) is 15.1 Å². The van der Waals surface area contributed by atoms with E-state index in [9.17, 15) is 14.4 Å². The van der Waals surface area contributed by atoms with Gasteiger partial charge in [0.25, 0.3) is 5.91 Å². The number of Topliss-reactive ketones (excluding diaryl/α,β-unsaturated/α-hetero) is 1. The molecule has 8 heteroatoms. The number of hydrogen-bond donors (Lipinski definition) is 1. The fourth-order valence-electron chi connectivity index (χ4n) is 5.97. The second-order valence-corrected chi connectivity index (χ2v) is 12.9. The van der Waals surface area contributed by atoms with Crippen LogP contribution >= 0.6 is 0 Å². The summed E-state index contributed by atoms with van der Waals surface area (Å²) in [5.41, 5.74) is 1.02. The Hall–Kier alpha value is -2.45. The van der Waals surface area contributed by atoms with Gasteiger partial charge in [-0.05, 0) is 48.1 Å². The second kappa shape index (κ2) is 11.0. The van der Waals surface area contributed by atoms with E-state index in [-0.39, 0.29) is 41.6 Å². The topological polar surface area (TPSA) is 82.2 Å². The van der Waals surface area contributed by atoms with Crippen LogP contribution in [-0.2, 0) is 14.3 Å². The summed E-state index contributed by atoms with van der Waals surface area (Å²) in [6.07, 6.45) is 0.404. The third-order valence-electron chi connectivity index (χ3n) is 9.11. The minimum Gasteiger partial charge on any atom is -0.369 e. The van der Waals surface area contributed by atoms with Crippen LogP contribution in [0.1, 0.15) is 65.2 Å². The molecule has 0 radical (unpaired) electrons. The van der Waals surface area contributed by atoms with E-state index in [4.69, 9.17) is 4.74 Å². The van der Waals surface area contributed by atoms with Crippen LogP contribution in [0.3, 0.4) is 0 Å². The Morgan fingerprint density at radius 2 is 1.66 bits per heavy atom. The predicted octanol–water partition coefficient (Wildman–Crippen LogP) is 3.20. The first kappa shape index (κ1) is 28.6. The second-order valence-electron chi connectivity index (χ2n) is 12.9. The van der Waals surface area contributed by atoms with Gasteiger partial charge in [-0.1, -0.05) is 48.5 Å². The molecule has 1 N–H and O–H groups in total. The molecule has 3 heterocycles. The van der Waals surface area contributed by atoms with Crippen molar-refractivity contribution < 1.29 is 19.1 Å². The van der Waals surface area contributed by atoms with Crippen molar-refractivity contribution in [1.29, 1.82) is 0 Å². The number of nitrogens with one attached hydrogen (secondary N) is 1. The van der Waals surface area contributed by atoms with Gasteiger partial charge in [-0.15, -0.1) is 0 Å². The lowest BCUT2D eigenvalue weighted by Crippen LogP contribution is -2.57. The molecule has 0 aromatic heterocycles. The number of fused-ring (bicyclic) bond motifs is 1. The number of ketones is 1. The van der Waals surface area contributed by atoms with E-state index in [0.29, 0.717) is 18.5 Å². The van der Waals surface area contributed by atoms with Gasteiger partial charge in [-0.2, -0.15) is 0 Å². The van der Waals surface area contributed by atoms with Crippen LogP contribution in [0.2, 0.25) is 0 Å². The molecule has 3 fully saturated rings. The molecule has 3 saturated heterocycles. The summed E-state index contributed by atoms with van der Waals surface area (Å²) in [6.45, 7) is 20.1. The summed E-state index contributed by atoms with van der Waals surface area (Å²) in [7, 11) is 0. The van der Waals surface area contributed by atoms with E-state index in [2.05, 4.69) is 42.8 Å². The number of carbonyl (C=O) groups excluding carboxylic acids is 3. The van der Waals surface area contributed by atoms with Gasteiger partial charge in [0.15, 0.2) is 5.78 Å². The Kier molecular flexibility index (Phi) is 8.24. The first-order valence-corrected chi connectivity index (χ1v) is 14.2. The number of likely N-dealkylation sites (tertiary alicyclic amines) is 1. The van der Waals surface area contributed by atoms with Gasteiger partial charge in [0.1, 0.15) is 18.7 Å². The zero-order valence-electron chi connectivity index (χ0n) is 24.3. The highest BCUT2D eigenvalue weighted by Crippen LogP contribution is 2.42. The maximum absolute atomic E-state index is 14.1. The van der Waals surface area contributed by atoms with Gasteiger partial charge in [0.05, 0.1) is 6.10 Å². The van der Waals surface area contributed by atoms with Crippen molar-refractivity contribution in [2.75, 3.05) is 50.8 Å². The minimum absolute atomic E-state index is 0.0414. The predicted molar refractivity (Wildman–Crippen MR) is 149 cm³/mol. The Morgan fingerprint density at radius 3 is 2.21 bits per heavy atom. The molecule has 0 aliphatic carbocycles. The summed E-state index contributed by atoms with van der Waals surface area (Å²) in [5, 5.41) is 3.06. The average Bonchev–Trinajstić information content (AvgIpc) is 3.47. The molecule has 38 heavy (non-hydrogen) atoms. The molecule has 1 unspecified atom stereocenters. The van der Waals surface area contributed by atoms with E-state index in [1.165, 1.54) is 0 Å². The number of amides is 2. The van der Waals surface area contributed by atoms with E-state index in [1.807, 2.05) is 45.0 Å². The number of likely N-dealkylation sites (N-methyl/N-ethyl adjacent to an activating group) is 1. The van der Waals surface area contributed by atoms with Crippen LogP contribution in [0.25, 0.3) is 0 Å². The monoisotopic (exact) mass is 526 g/mol. The van der Waals surface area contributed by atoms with Crippen molar-refractivity contribution in [3.8, 4) is 0 Å². The van der Waals surface area contributed by atoms with Crippen LogP contribution < -0.4 is 10.2 Å². The number of anilines is 1.